The molecular weight excluding hydrogens is 241 g/mol. The molecule has 2 aromatic rings. The molecule has 0 unspecified atom stereocenters. The van der Waals surface area contributed by atoms with E-state index < -0.39 is 13.1 Å². The predicted octanol–water partition coefficient (Wildman–Crippen LogP) is 0.899. The van der Waals surface area contributed by atoms with Crippen molar-refractivity contribution in [1.82, 2.24) is 5.32 Å². The maximum Gasteiger partial charge on any atom is 0.475 e. The number of rotatable bonds is 4. The second-order valence-electron chi connectivity index (χ2n) is 4.61. The van der Waals surface area contributed by atoms with Gasteiger partial charge in [0.2, 0.25) is 5.91 Å². The van der Waals surface area contributed by atoms with Crippen LogP contribution in [0.1, 0.15) is 12.5 Å². The summed E-state index contributed by atoms with van der Waals surface area (Å²) in [5, 5.41) is 23.3. The second kappa shape index (κ2) is 5.86. The molecule has 0 fully saturated rings. The molecule has 2 aromatic carbocycles. The molecule has 4 nitrogen and oxygen atoms in total. The predicted molar refractivity (Wildman–Crippen MR) is 75.4 cm³/mol. The van der Waals surface area contributed by atoms with Gasteiger partial charge in [0, 0.05) is 6.92 Å². The first-order valence-electron chi connectivity index (χ1n) is 6.17. The van der Waals surface area contributed by atoms with E-state index in [0.29, 0.717) is 6.42 Å². The summed E-state index contributed by atoms with van der Waals surface area (Å²) in [7, 11) is -1.57. The van der Waals surface area contributed by atoms with Crippen molar-refractivity contribution >= 4 is 23.8 Å². The fourth-order valence-electron chi connectivity index (χ4n) is 2.11. The molecule has 98 valence electrons. The van der Waals surface area contributed by atoms with Crippen LogP contribution in [0.25, 0.3) is 10.8 Å². The number of amides is 1. The first-order chi connectivity index (χ1) is 9.06. The zero-order valence-electron chi connectivity index (χ0n) is 10.7. The van der Waals surface area contributed by atoms with Crippen molar-refractivity contribution in [3.63, 3.8) is 0 Å². The van der Waals surface area contributed by atoms with E-state index in [1.165, 1.54) is 6.92 Å². The van der Waals surface area contributed by atoms with Crippen LogP contribution >= 0.6 is 0 Å². The Labute approximate surface area is 112 Å². The lowest BCUT2D eigenvalue weighted by atomic mass is 9.76. The van der Waals surface area contributed by atoms with Crippen LogP contribution in [0, 0.1) is 0 Å². The lowest BCUT2D eigenvalue weighted by molar-refractivity contribution is -0.119. The quantitative estimate of drug-likeness (QED) is 0.713. The van der Waals surface area contributed by atoms with E-state index in [4.69, 9.17) is 0 Å². The summed E-state index contributed by atoms with van der Waals surface area (Å²) in [6, 6.07) is 13.9. The highest BCUT2D eigenvalue weighted by Gasteiger charge is 2.24. The second-order valence-corrected chi connectivity index (χ2v) is 4.61. The van der Waals surface area contributed by atoms with Gasteiger partial charge in [0.05, 0.1) is 5.94 Å². The van der Waals surface area contributed by atoms with Gasteiger partial charge in [0.1, 0.15) is 0 Å². The van der Waals surface area contributed by atoms with Gasteiger partial charge in [-0.3, -0.25) is 4.79 Å². The lowest BCUT2D eigenvalue weighted by Gasteiger charge is -2.17. The van der Waals surface area contributed by atoms with Crippen LogP contribution in [-0.2, 0) is 11.2 Å². The van der Waals surface area contributed by atoms with Gasteiger partial charge < -0.3 is 15.4 Å². The number of nitrogens with one attached hydrogen (secondary N) is 1. The van der Waals surface area contributed by atoms with E-state index in [9.17, 15) is 14.8 Å². The molecule has 0 aromatic heterocycles. The van der Waals surface area contributed by atoms with Gasteiger partial charge in [-0.2, -0.15) is 0 Å². The fourth-order valence-corrected chi connectivity index (χ4v) is 2.11. The summed E-state index contributed by atoms with van der Waals surface area (Å²) in [6.07, 6.45) is 0.377. The minimum atomic E-state index is -1.57. The lowest BCUT2D eigenvalue weighted by Crippen LogP contribution is -2.47. The van der Waals surface area contributed by atoms with Crippen molar-refractivity contribution in [3.8, 4) is 0 Å². The number of carbonyl (C=O) groups is 1. The summed E-state index contributed by atoms with van der Waals surface area (Å²) in [4.78, 5) is 11.0. The van der Waals surface area contributed by atoms with Gasteiger partial charge in [-0.15, -0.1) is 0 Å². The molecule has 0 aliphatic carbocycles. The van der Waals surface area contributed by atoms with E-state index in [2.05, 4.69) is 5.32 Å². The third kappa shape index (κ3) is 3.56. The highest BCUT2D eigenvalue weighted by atomic mass is 16.4. The first-order valence-corrected chi connectivity index (χ1v) is 6.17. The number of hydrogen-bond donors (Lipinski definition) is 3. The van der Waals surface area contributed by atoms with Crippen molar-refractivity contribution in [3.05, 3.63) is 48.0 Å². The average molecular weight is 257 g/mol. The Balaban J connectivity index is 2.21. The van der Waals surface area contributed by atoms with Crippen LogP contribution in [0.2, 0.25) is 0 Å². The van der Waals surface area contributed by atoms with Crippen LogP contribution < -0.4 is 5.32 Å². The number of benzene rings is 2. The van der Waals surface area contributed by atoms with Gasteiger partial charge in [-0.05, 0) is 22.8 Å². The van der Waals surface area contributed by atoms with E-state index in [0.717, 1.165) is 16.3 Å². The maximum atomic E-state index is 11.0. The highest BCUT2D eigenvalue weighted by molar-refractivity contribution is 6.43. The summed E-state index contributed by atoms with van der Waals surface area (Å²) in [5.74, 6) is -0.974. The molecule has 0 heterocycles. The summed E-state index contributed by atoms with van der Waals surface area (Å²) < 4.78 is 0. The summed E-state index contributed by atoms with van der Waals surface area (Å²) in [6.45, 7) is 1.36. The summed E-state index contributed by atoms with van der Waals surface area (Å²) >= 11 is 0. The monoisotopic (exact) mass is 257 g/mol. The largest absolute Gasteiger partial charge is 0.475 e. The zero-order valence-corrected chi connectivity index (χ0v) is 10.7. The molecule has 0 radical (unpaired) electrons. The minimum absolute atomic E-state index is 0.279. The van der Waals surface area contributed by atoms with E-state index in [1.54, 1.807) is 0 Å². The number of hydrogen-bond acceptors (Lipinski definition) is 3. The minimum Gasteiger partial charge on any atom is -0.426 e. The Morgan fingerprint density at radius 1 is 1.21 bits per heavy atom. The van der Waals surface area contributed by atoms with Crippen molar-refractivity contribution in [2.24, 2.45) is 0 Å². The summed E-state index contributed by atoms with van der Waals surface area (Å²) in [5.41, 5.74) is 0.950. The first kappa shape index (κ1) is 13.6. The van der Waals surface area contributed by atoms with Crippen molar-refractivity contribution in [2.75, 3.05) is 0 Å². The third-order valence-electron chi connectivity index (χ3n) is 3.02. The molecule has 0 saturated heterocycles. The molecule has 0 bridgehead atoms. The fraction of sp³-hybridized carbons (Fsp3) is 0.214. The Morgan fingerprint density at radius 3 is 2.53 bits per heavy atom. The van der Waals surface area contributed by atoms with Crippen LogP contribution in [0.3, 0.4) is 0 Å². The highest BCUT2D eigenvalue weighted by Crippen LogP contribution is 2.16. The average Bonchev–Trinajstić information content (AvgIpc) is 2.37. The van der Waals surface area contributed by atoms with Crippen molar-refractivity contribution in [1.29, 1.82) is 0 Å². The molecule has 0 saturated carbocycles. The normalized spacial score (nSPS) is 12.2. The Hall–Kier alpha value is -1.85. The Kier molecular flexibility index (Phi) is 4.19. The van der Waals surface area contributed by atoms with Crippen molar-refractivity contribution < 1.29 is 14.8 Å². The maximum absolute atomic E-state index is 11.0. The molecule has 1 amide bonds. The van der Waals surface area contributed by atoms with Gasteiger partial charge in [-0.25, -0.2) is 0 Å². The molecule has 0 aliphatic rings. The van der Waals surface area contributed by atoms with E-state index in [1.807, 2.05) is 42.5 Å². The molecule has 0 spiro atoms. The molecular formula is C14H16BNO3. The molecule has 1 atom stereocenters. The SMILES string of the molecule is CC(=O)N[C@@H](Cc1ccc2ccccc2c1)B(O)O. The smallest absolute Gasteiger partial charge is 0.426 e. The zero-order chi connectivity index (χ0) is 13.8. The molecule has 0 aliphatic heterocycles. The number of carbonyl (C=O) groups excluding carboxylic acids is 1. The topological polar surface area (TPSA) is 69.6 Å². The Morgan fingerprint density at radius 2 is 1.89 bits per heavy atom. The van der Waals surface area contributed by atoms with Crippen LogP contribution in [-0.4, -0.2) is 29.0 Å². The van der Waals surface area contributed by atoms with Gasteiger partial charge in [0.25, 0.3) is 0 Å². The van der Waals surface area contributed by atoms with Crippen molar-refractivity contribution in [2.45, 2.75) is 19.3 Å². The van der Waals surface area contributed by atoms with E-state index >= 15 is 0 Å². The van der Waals surface area contributed by atoms with Gasteiger partial charge in [-0.1, -0.05) is 42.5 Å². The number of fused-ring (bicyclic) bond motifs is 1. The van der Waals surface area contributed by atoms with Crippen LogP contribution in [0.5, 0.6) is 0 Å². The molecule has 5 heteroatoms. The van der Waals surface area contributed by atoms with Crippen LogP contribution in [0.4, 0.5) is 0 Å². The van der Waals surface area contributed by atoms with Gasteiger partial charge in [0.15, 0.2) is 0 Å². The third-order valence-corrected chi connectivity index (χ3v) is 3.02. The Bertz CT molecular complexity index is 586. The molecule has 2 rings (SSSR count). The molecule has 3 N–H and O–H groups in total. The van der Waals surface area contributed by atoms with Gasteiger partial charge >= 0.3 is 7.12 Å². The van der Waals surface area contributed by atoms with Crippen LogP contribution in [0.15, 0.2) is 42.5 Å². The van der Waals surface area contributed by atoms with E-state index in [-0.39, 0.29) is 5.91 Å². The molecule has 19 heavy (non-hydrogen) atoms. The standard InChI is InChI=1S/C14H16BNO3/c1-10(17)16-14(15(18)19)9-11-6-7-12-4-2-3-5-13(12)8-11/h2-8,14,18-19H,9H2,1H3,(H,16,17)/t14-/m0/s1.